The van der Waals surface area contributed by atoms with Crippen molar-refractivity contribution < 1.29 is 4.42 Å². The predicted octanol–water partition coefficient (Wildman–Crippen LogP) is 2.83. The molecule has 0 saturated heterocycles. The van der Waals surface area contributed by atoms with Crippen LogP contribution in [0.15, 0.2) is 17.1 Å². The van der Waals surface area contributed by atoms with Crippen molar-refractivity contribution in [3.63, 3.8) is 0 Å². The van der Waals surface area contributed by atoms with Crippen LogP contribution in [0.3, 0.4) is 0 Å². The Labute approximate surface area is 73.3 Å². The molecule has 2 nitrogen and oxygen atoms in total. The second kappa shape index (κ2) is 3.57. The molecule has 0 aliphatic heterocycles. The number of nitrogens with zero attached hydrogens (tertiary/aromatic N) is 1. The van der Waals surface area contributed by atoms with Gasteiger partial charge in [0.1, 0.15) is 5.76 Å². The summed E-state index contributed by atoms with van der Waals surface area (Å²) in [5.41, 5.74) is 1.01. The molecule has 0 radical (unpaired) electrons. The van der Waals surface area contributed by atoms with E-state index in [1.54, 1.807) is 0 Å². The summed E-state index contributed by atoms with van der Waals surface area (Å²) < 4.78 is 5.47. The number of rotatable bonds is 3. The maximum atomic E-state index is 5.47. The lowest BCUT2D eigenvalue weighted by atomic mass is 10.2. The van der Waals surface area contributed by atoms with Gasteiger partial charge in [0.05, 0.1) is 5.69 Å². The predicted molar refractivity (Wildman–Crippen MR) is 49.2 cm³/mol. The Morgan fingerprint density at radius 3 is 2.67 bits per heavy atom. The molecule has 0 amide bonds. The molecule has 1 heterocycles. The Kier molecular flexibility index (Phi) is 2.69. The Bertz CT molecular complexity index is 273. The largest absolute Gasteiger partial charge is 0.445 e. The average Bonchev–Trinajstić information content (AvgIpc) is 2.34. The van der Waals surface area contributed by atoms with Gasteiger partial charge in [-0.05, 0) is 6.92 Å². The monoisotopic (exact) mass is 165 g/mol. The quantitative estimate of drug-likeness (QED) is 0.644. The summed E-state index contributed by atoms with van der Waals surface area (Å²) in [5, 5.41) is 0. The van der Waals surface area contributed by atoms with E-state index in [0.29, 0.717) is 5.92 Å². The molecule has 0 aliphatic rings. The first kappa shape index (κ1) is 9.04. The van der Waals surface area contributed by atoms with Gasteiger partial charge in [-0.2, -0.15) is 0 Å². The van der Waals surface area contributed by atoms with E-state index in [1.807, 2.05) is 13.0 Å². The summed E-state index contributed by atoms with van der Waals surface area (Å²) in [4.78, 5) is 4.36. The summed E-state index contributed by atoms with van der Waals surface area (Å²) in [6.07, 6.45) is 2.64. The second-order valence-corrected chi connectivity index (χ2v) is 3.20. The lowest BCUT2D eigenvalue weighted by Gasteiger charge is -1.94. The molecular formula is C10H15NO. The van der Waals surface area contributed by atoms with Gasteiger partial charge < -0.3 is 4.42 Å². The molecule has 0 atom stereocenters. The molecule has 0 aliphatic carbocycles. The van der Waals surface area contributed by atoms with Gasteiger partial charge in [-0.15, -0.1) is 6.58 Å². The molecular weight excluding hydrogens is 150 g/mol. The van der Waals surface area contributed by atoms with E-state index in [4.69, 9.17) is 4.42 Å². The van der Waals surface area contributed by atoms with Crippen molar-refractivity contribution in [2.75, 3.05) is 0 Å². The van der Waals surface area contributed by atoms with Crippen LogP contribution in [0.1, 0.15) is 37.1 Å². The zero-order chi connectivity index (χ0) is 9.14. The van der Waals surface area contributed by atoms with E-state index in [9.17, 15) is 0 Å². The highest BCUT2D eigenvalue weighted by Gasteiger charge is 2.10. The molecule has 1 aromatic rings. The van der Waals surface area contributed by atoms with E-state index >= 15 is 0 Å². The van der Waals surface area contributed by atoms with Gasteiger partial charge in [-0.1, -0.05) is 19.9 Å². The van der Waals surface area contributed by atoms with Crippen LogP contribution in [0.25, 0.3) is 0 Å². The van der Waals surface area contributed by atoms with Crippen LogP contribution >= 0.6 is 0 Å². The molecule has 0 unspecified atom stereocenters. The van der Waals surface area contributed by atoms with Crippen molar-refractivity contribution in [2.24, 2.45) is 0 Å². The third kappa shape index (κ3) is 1.76. The van der Waals surface area contributed by atoms with Crippen LogP contribution in [0.2, 0.25) is 0 Å². The summed E-state index contributed by atoms with van der Waals surface area (Å²) in [6, 6.07) is 0. The van der Waals surface area contributed by atoms with Crippen LogP contribution in [0.5, 0.6) is 0 Å². The molecule has 0 bridgehead atoms. The molecule has 0 fully saturated rings. The van der Waals surface area contributed by atoms with E-state index in [1.165, 1.54) is 0 Å². The van der Waals surface area contributed by atoms with E-state index in [0.717, 1.165) is 23.8 Å². The number of allylic oxidation sites excluding steroid dienone is 1. The Morgan fingerprint density at radius 1 is 1.58 bits per heavy atom. The molecule has 1 rings (SSSR count). The minimum Gasteiger partial charge on any atom is -0.445 e. The lowest BCUT2D eigenvalue weighted by Crippen LogP contribution is -1.88. The SMILES string of the molecule is C=CCc1nc(C(C)C)oc1C. The minimum atomic E-state index is 0.363. The fourth-order valence-corrected chi connectivity index (χ4v) is 1.02. The standard InChI is InChI=1S/C10H15NO/c1-5-6-9-8(4)12-10(11-9)7(2)3/h5,7H,1,6H2,2-4H3. The van der Waals surface area contributed by atoms with E-state index in [-0.39, 0.29) is 0 Å². The third-order valence-corrected chi connectivity index (χ3v) is 1.74. The maximum Gasteiger partial charge on any atom is 0.197 e. The lowest BCUT2D eigenvalue weighted by molar-refractivity contribution is 0.449. The normalized spacial score (nSPS) is 10.7. The number of hydrogen-bond donors (Lipinski definition) is 0. The first-order valence-corrected chi connectivity index (χ1v) is 4.22. The van der Waals surface area contributed by atoms with Gasteiger partial charge in [0, 0.05) is 12.3 Å². The molecule has 66 valence electrons. The minimum absolute atomic E-state index is 0.363. The molecule has 12 heavy (non-hydrogen) atoms. The van der Waals surface area contributed by atoms with Gasteiger partial charge in [-0.25, -0.2) is 4.98 Å². The van der Waals surface area contributed by atoms with Gasteiger partial charge in [-0.3, -0.25) is 0 Å². The molecule has 1 aromatic heterocycles. The van der Waals surface area contributed by atoms with Gasteiger partial charge in [0.2, 0.25) is 0 Å². The third-order valence-electron chi connectivity index (χ3n) is 1.74. The first-order valence-electron chi connectivity index (χ1n) is 4.22. The van der Waals surface area contributed by atoms with Gasteiger partial charge in [0.25, 0.3) is 0 Å². The van der Waals surface area contributed by atoms with Gasteiger partial charge in [0.15, 0.2) is 5.89 Å². The molecule has 0 aromatic carbocycles. The van der Waals surface area contributed by atoms with Crippen LogP contribution in [0.4, 0.5) is 0 Å². The maximum absolute atomic E-state index is 5.47. The van der Waals surface area contributed by atoms with E-state index < -0.39 is 0 Å². The van der Waals surface area contributed by atoms with Crippen LogP contribution in [-0.2, 0) is 6.42 Å². The molecule has 0 spiro atoms. The first-order chi connectivity index (χ1) is 5.65. The molecule has 2 heteroatoms. The zero-order valence-corrected chi connectivity index (χ0v) is 7.92. The molecule has 0 saturated carbocycles. The van der Waals surface area contributed by atoms with Crippen molar-refractivity contribution in [3.05, 3.63) is 30.0 Å². The summed E-state index contributed by atoms with van der Waals surface area (Å²) in [7, 11) is 0. The number of aromatic nitrogens is 1. The Hall–Kier alpha value is -1.05. The topological polar surface area (TPSA) is 26.0 Å². The fourth-order valence-electron chi connectivity index (χ4n) is 1.02. The summed E-state index contributed by atoms with van der Waals surface area (Å²) >= 11 is 0. The second-order valence-electron chi connectivity index (χ2n) is 3.20. The fraction of sp³-hybridized carbons (Fsp3) is 0.500. The summed E-state index contributed by atoms with van der Waals surface area (Å²) in [5.74, 6) is 2.10. The highest BCUT2D eigenvalue weighted by Crippen LogP contribution is 2.17. The number of hydrogen-bond acceptors (Lipinski definition) is 2. The van der Waals surface area contributed by atoms with Crippen molar-refractivity contribution in [2.45, 2.75) is 33.1 Å². The van der Waals surface area contributed by atoms with Crippen molar-refractivity contribution in [1.82, 2.24) is 4.98 Å². The average molecular weight is 165 g/mol. The molecule has 0 N–H and O–H groups in total. The Morgan fingerprint density at radius 2 is 2.25 bits per heavy atom. The smallest absolute Gasteiger partial charge is 0.197 e. The summed E-state index contributed by atoms with van der Waals surface area (Å²) in [6.45, 7) is 9.76. The zero-order valence-electron chi connectivity index (χ0n) is 7.92. The van der Waals surface area contributed by atoms with Crippen molar-refractivity contribution in [3.8, 4) is 0 Å². The van der Waals surface area contributed by atoms with Crippen molar-refractivity contribution >= 4 is 0 Å². The van der Waals surface area contributed by atoms with Crippen molar-refractivity contribution in [1.29, 1.82) is 0 Å². The Balaban J connectivity index is 2.91. The highest BCUT2D eigenvalue weighted by atomic mass is 16.4. The van der Waals surface area contributed by atoms with Crippen LogP contribution in [-0.4, -0.2) is 4.98 Å². The van der Waals surface area contributed by atoms with E-state index in [2.05, 4.69) is 25.4 Å². The number of aryl methyl sites for hydroxylation is 1. The van der Waals surface area contributed by atoms with Crippen LogP contribution in [0, 0.1) is 6.92 Å². The number of oxazole rings is 1. The van der Waals surface area contributed by atoms with Crippen LogP contribution < -0.4 is 0 Å². The highest BCUT2D eigenvalue weighted by molar-refractivity contribution is 5.12. The van der Waals surface area contributed by atoms with Gasteiger partial charge >= 0.3 is 0 Å².